The highest BCUT2D eigenvalue weighted by atomic mass is 16.5. The number of ether oxygens (including phenoxy) is 1. The van der Waals surface area contributed by atoms with Crippen LogP contribution in [0.2, 0.25) is 0 Å². The second kappa shape index (κ2) is 8.45. The van der Waals surface area contributed by atoms with Crippen molar-refractivity contribution in [3.05, 3.63) is 64.6 Å². The molecule has 0 aliphatic carbocycles. The Morgan fingerprint density at radius 3 is 2.67 bits per heavy atom. The molecule has 4 rings (SSSR count). The lowest BCUT2D eigenvalue weighted by Crippen LogP contribution is -3.14. The quantitative estimate of drug-likeness (QED) is 0.439. The molecule has 7 nitrogen and oxygen atoms in total. The van der Waals surface area contributed by atoms with Gasteiger partial charge in [0.2, 0.25) is 0 Å². The number of furan rings is 1. The van der Waals surface area contributed by atoms with Crippen LogP contribution >= 0.6 is 0 Å². The summed E-state index contributed by atoms with van der Waals surface area (Å²) in [7, 11) is 0. The van der Waals surface area contributed by atoms with Gasteiger partial charge in [0.05, 0.1) is 38.1 Å². The number of nitrogens with zero attached hydrogens (tertiary/aromatic N) is 1. The second-order valence-corrected chi connectivity index (χ2v) is 7.94. The summed E-state index contributed by atoms with van der Waals surface area (Å²) in [6, 6.07) is 8.39. The van der Waals surface area contributed by atoms with Crippen LogP contribution in [0.3, 0.4) is 0 Å². The minimum absolute atomic E-state index is 0.0839. The fraction of sp³-hybridized carbons (Fsp3) is 0.391. The first-order valence-electron chi connectivity index (χ1n) is 10.3. The summed E-state index contributed by atoms with van der Waals surface area (Å²) in [6.45, 7) is 8.03. The number of carbonyl (C=O) groups excluding carboxylic acids is 2. The smallest absolute Gasteiger partial charge is 0.295 e. The normalized spacial score (nSPS) is 22.1. The van der Waals surface area contributed by atoms with Crippen LogP contribution < -0.4 is 4.90 Å². The van der Waals surface area contributed by atoms with Crippen LogP contribution in [0, 0.1) is 13.8 Å². The summed E-state index contributed by atoms with van der Waals surface area (Å²) in [5.74, 6) is -0.960. The number of quaternary nitrogens is 1. The zero-order valence-corrected chi connectivity index (χ0v) is 17.3. The van der Waals surface area contributed by atoms with E-state index in [1.807, 2.05) is 32.0 Å². The average molecular weight is 411 g/mol. The molecule has 30 heavy (non-hydrogen) atoms. The third-order valence-corrected chi connectivity index (χ3v) is 5.91. The molecule has 1 atom stereocenters. The number of nitrogens with one attached hydrogen (secondary N) is 1. The number of rotatable bonds is 5. The van der Waals surface area contributed by atoms with Crippen LogP contribution in [0.1, 0.15) is 28.5 Å². The molecule has 2 saturated heterocycles. The number of hydrogen-bond donors (Lipinski definition) is 2. The van der Waals surface area contributed by atoms with Gasteiger partial charge < -0.3 is 24.1 Å². The largest absolute Gasteiger partial charge is 0.507 e. The molecule has 3 heterocycles. The van der Waals surface area contributed by atoms with E-state index in [0.717, 1.165) is 24.2 Å². The Kier molecular flexibility index (Phi) is 5.74. The summed E-state index contributed by atoms with van der Waals surface area (Å²) in [6.07, 6.45) is 1.51. The molecule has 2 aliphatic rings. The van der Waals surface area contributed by atoms with Crippen molar-refractivity contribution in [2.45, 2.75) is 19.9 Å². The molecule has 7 heteroatoms. The number of likely N-dealkylation sites (tertiary alicyclic amines) is 1. The molecule has 158 valence electrons. The molecule has 2 aromatic rings. The number of amides is 1. The monoisotopic (exact) mass is 411 g/mol. The summed E-state index contributed by atoms with van der Waals surface area (Å²) in [4.78, 5) is 28.8. The number of ketones is 1. The van der Waals surface area contributed by atoms with E-state index in [9.17, 15) is 14.7 Å². The molecule has 1 aromatic heterocycles. The third-order valence-electron chi connectivity index (χ3n) is 5.91. The Morgan fingerprint density at radius 1 is 1.20 bits per heavy atom. The molecule has 0 radical (unpaired) electrons. The van der Waals surface area contributed by atoms with E-state index < -0.39 is 17.7 Å². The fourth-order valence-electron chi connectivity index (χ4n) is 4.18. The Labute approximate surface area is 175 Å². The first kappa shape index (κ1) is 20.4. The zero-order valence-electron chi connectivity index (χ0n) is 17.3. The predicted molar refractivity (Wildman–Crippen MR) is 110 cm³/mol. The van der Waals surface area contributed by atoms with Gasteiger partial charge in [-0.3, -0.25) is 9.59 Å². The Morgan fingerprint density at radius 2 is 1.97 bits per heavy atom. The molecular formula is C23H27N2O5+. The second-order valence-electron chi connectivity index (χ2n) is 7.94. The van der Waals surface area contributed by atoms with Crippen molar-refractivity contribution in [3.63, 3.8) is 0 Å². The zero-order chi connectivity index (χ0) is 21.3. The molecule has 1 amide bonds. The number of aliphatic hydroxyl groups excluding tert-OH is 1. The van der Waals surface area contributed by atoms with Crippen LogP contribution in [0.4, 0.5) is 0 Å². The Hall–Kier alpha value is -2.90. The molecule has 0 saturated carbocycles. The van der Waals surface area contributed by atoms with Crippen molar-refractivity contribution in [1.82, 2.24) is 4.90 Å². The fourth-order valence-corrected chi connectivity index (χ4v) is 4.18. The maximum atomic E-state index is 13.0. The predicted octanol–water partition coefficient (Wildman–Crippen LogP) is 1.23. The molecular weight excluding hydrogens is 384 g/mol. The third kappa shape index (κ3) is 3.78. The molecule has 2 fully saturated rings. The van der Waals surface area contributed by atoms with E-state index >= 15 is 0 Å². The highest BCUT2D eigenvalue weighted by Crippen LogP contribution is 2.39. The number of hydrogen-bond acceptors (Lipinski definition) is 5. The molecule has 0 unspecified atom stereocenters. The SMILES string of the molecule is Cc1ccc(C)c(C(O)=C2C(=O)C(=O)N(CC[NH+]3CCOCC3)[C@@H]2c2ccco2)c1. The molecule has 2 N–H and O–H groups in total. The number of benzene rings is 1. The lowest BCUT2D eigenvalue weighted by molar-refractivity contribution is -0.907. The number of carbonyl (C=O) groups is 2. The highest BCUT2D eigenvalue weighted by Gasteiger charge is 2.47. The molecule has 1 aromatic carbocycles. The number of aryl methyl sites for hydroxylation is 2. The van der Waals surface area contributed by atoms with E-state index in [-0.39, 0.29) is 11.3 Å². The Balaban J connectivity index is 1.73. The first-order valence-corrected chi connectivity index (χ1v) is 10.3. The molecule has 0 bridgehead atoms. The van der Waals surface area contributed by atoms with Gasteiger partial charge in [-0.15, -0.1) is 0 Å². The van der Waals surface area contributed by atoms with E-state index in [1.54, 1.807) is 12.1 Å². The van der Waals surface area contributed by atoms with Crippen LogP contribution in [0.25, 0.3) is 5.76 Å². The van der Waals surface area contributed by atoms with E-state index in [2.05, 4.69) is 0 Å². The highest BCUT2D eigenvalue weighted by molar-refractivity contribution is 6.46. The van der Waals surface area contributed by atoms with E-state index in [1.165, 1.54) is 16.1 Å². The number of aliphatic hydroxyl groups is 1. The summed E-state index contributed by atoms with van der Waals surface area (Å²) in [5.41, 5.74) is 2.44. The Bertz CT molecular complexity index is 973. The van der Waals surface area contributed by atoms with Crippen molar-refractivity contribution in [1.29, 1.82) is 0 Å². The minimum atomic E-state index is -0.736. The van der Waals surface area contributed by atoms with Crippen molar-refractivity contribution in [3.8, 4) is 0 Å². The maximum absolute atomic E-state index is 13.0. The van der Waals surface area contributed by atoms with Crippen LogP contribution in [-0.2, 0) is 14.3 Å². The van der Waals surface area contributed by atoms with Gasteiger partial charge in [0.1, 0.15) is 30.7 Å². The summed E-state index contributed by atoms with van der Waals surface area (Å²) >= 11 is 0. The van der Waals surface area contributed by atoms with Crippen molar-refractivity contribution < 1.29 is 28.7 Å². The van der Waals surface area contributed by atoms with E-state index in [0.29, 0.717) is 37.6 Å². The van der Waals surface area contributed by atoms with Gasteiger partial charge in [0.15, 0.2) is 0 Å². The van der Waals surface area contributed by atoms with Gasteiger partial charge in [-0.1, -0.05) is 17.7 Å². The van der Waals surface area contributed by atoms with Crippen LogP contribution in [0.15, 0.2) is 46.6 Å². The summed E-state index contributed by atoms with van der Waals surface area (Å²) in [5, 5.41) is 11.1. The van der Waals surface area contributed by atoms with Gasteiger partial charge in [-0.2, -0.15) is 0 Å². The van der Waals surface area contributed by atoms with Crippen LogP contribution in [-0.4, -0.2) is 61.1 Å². The topological polar surface area (TPSA) is 84.4 Å². The van der Waals surface area contributed by atoms with Gasteiger partial charge >= 0.3 is 0 Å². The van der Waals surface area contributed by atoms with E-state index in [4.69, 9.17) is 9.15 Å². The van der Waals surface area contributed by atoms with Gasteiger partial charge in [0.25, 0.3) is 11.7 Å². The van der Waals surface area contributed by atoms with Crippen molar-refractivity contribution >= 4 is 17.4 Å². The van der Waals surface area contributed by atoms with Crippen molar-refractivity contribution in [2.75, 3.05) is 39.4 Å². The van der Waals surface area contributed by atoms with Gasteiger partial charge in [0, 0.05) is 5.56 Å². The number of Topliss-reactive ketones (excluding diaryl/α,β-unsaturated/α-hetero) is 1. The number of morpholine rings is 1. The lowest BCUT2D eigenvalue weighted by Gasteiger charge is -2.28. The van der Waals surface area contributed by atoms with Gasteiger partial charge in [-0.05, 0) is 37.6 Å². The lowest BCUT2D eigenvalue weighted by atomic mass is 9.96. The van der Waals surface area contributed by atoms with Crippen molar-refractivity contribution in [2.24, 2.45) is 0 Å². The minimum Gasteiger partial charge on any atom is -0.507 e. The standard InChI is InChI=1S/C23H26N2O5/c1-15-5-6-16(2)17(14-15)21(26)19-20(18-4-3-11-30-18)25(23(28)22(19)27)8-7-24-9-12-29-13-10-24/h3-6,11,14,20,26H,7-10,12-13H2,1-2H3/p+1/t20-/m1/s1. The maximum Gasteiger partial charge on any atom is 0.295 e. The van der Waals surface area contributed by atoms with Crippen LogP contribution in [0.5, 0.6) is 0 Å². The molecule has 0 spiro atoms. The first-order chi connectivity index (χ1) is 14.5. The van der Waals surface area contributed by atoms with Gasteiger partial charge in [-0.25, -0.2) is 0 Å². The average Bonchev–Trinajstić information content (AvgIpc) is 3.36. The molecule has 2 aliphatic heterocycles. The summed E-state index contributed by atoms with van der Waals surface area (Å²) < 4.78 is 11.0.